The van der Waals surface area contributed by atoms with Crippen LogP contribution in [0.3, 0.4) is 0 Å². The van der Waals surface area contributed by atoms with E-state index < -0.39 is 5.97 Å². The monoisotopic (exact) mass is 236 g/mol. The molecule has 0 aliphatic carbocycles. The molecule has 0 radical (unpaired) electrons. The van der Waals surface area contributed by atoms with Gasteiger partial charge in [-0.15, -0.1) is 0 Å². The van der Waals surface area contributed by atoms with Gasteiger partial charge in [0.1, 0.15) is 11.3 Å². The summed E-state index contributed by atoms with van der Waals surface area (Å²) in [5.74, 6) is -0.182. The van der Waals surface area contributed by atoms with Crippen LogP contribution in [0.2, 0.25) is 0 Å². The number of carbonyl (C=O) groups is 1. The van der Waals surface area contributed by atoms with E-state index in [1.807, 2.05) is 26.8 Å². The van der Waals surface area contributed by atoms with E-state index in [-0.39, 0.29) is 11.7 Å². The lowest BCUT2D eigenvalue weighted by Crippen LogP contribution is -2.11. The smallest absolute Gasteiger partial charge is 0.339 e. The molecule has 0 spiro atoms. The van der Waals surface area contributed by atoms with Gasteiger partial charge in [0.25, 0.3) is 0 Å². The number of ether oxygens (including phenoxy) is 1. The minimum atomic E-state index is -0.942. The molecule has 1 aromatic rings. The summed E-state index contributed by atoms with van der Waals surface area (Å²) >= 11 is 0. The highest BCUT2D eigenvalue weighted by atomic mass is 16.5. The predicted molar refractivity (Wildman–Crippen MR) is 68.0 cm³/mol. The van der Waals surface area contributed by atoms with E-state index in [9.17, 15) is 9.90 Å². The number of rotatable bonds is 4. The molecule has 3 nitrogen and oxygen atoms in total. The second kappa shape index (κ2) is 5.21. The molecular weight excluding hydrogens is 216 g/mol. The van der Waals surface area contributed by atoms with Gasteiger partial charge in [-0.25, -0.2) is 4.79 Å². The van der Waals surface area contributed by atoms with E-state index in [0.29, 0.717) is 11.7 Å². The normalized spacial score (nSPS) is 11.0. The Morgan fingerprint density at radius 1 is 1.24 bits per heavy atom. The van der Waals surface area contributed by atoms with E-state index >= 15 is 0 Å². The third-order valence-electron chi connectivity index (χ3n) is 2.58. The molecule has 0 atom stereocenters. The zero-order valence-electron chi connectivity index (χ0n) is 11.1. The SMILES string of the molecule is Cc1cc(OC(C)C)c(C(=O)O)cc1C(C)C. The molecule has 0 saturated heterocycles. The molecule has 17 heavy (non-hydrogen) atoms. The van der Waals surface area contributed by atoms with Gasteiger partial charge in [-0.1, -0.05) is 13.8 Å². The minimum Gasteiger partial charge on any atom is -0.490 e. The van der Waals surface area contributed by atoms with Crippen molar-refractivity contribution in [1.29, 1.82) is 0 Å². The third-order valence-corrected chi connectivity index (χ3v) is 2.58. The van der Waals surface area contributed by atoms with Gasteiger partial charge in [0.2, 0.25) is 0 Å². The van der Waals surface area contributed by atoms with Gasteiger partial charge in [0, 0.05) is 0 Å². The van der Waals surface area contributed by atoms with E-state index in [0.717, 1.165) is 11.1 Å². The van der Waals surface area contributed by atoms with Gasteiger partial charge in [0.15, 0.2) is 0 Å². The van der Waals surface area contributed by atoms with Crippen molar-refractivity contribution in [2.75, 3.05) is 0 Å². The van der Waals surface area contributed by atoms with Crippen molar-refractivity contribution >= 4 is 5.97 Å². The van der Waals surface area contributed by atoms with Crippen LogP contribution in [0.15, 0.2) is 12.1 Å². The third kappa shape index (κ3) is 3.22. The summed E-state index contributed by atoms with van der Waals surface area (Å²) in [6, 6.07) is 3.54. The molecular formula is C14H20O3. The van der Waals surface area contributed by atoms with Crippen molar-refractivity contribution < 1.29 is 14.6 Å². The first-order valence-electron chi connectivity index (χ1n) is 5.87. The van der Waals surface area contributed by atoms with Crippen LogP contribution in [0, 0.1) is 6.92 Å². The van der Waals surface area contributed by atoms with Crippen LogP contribution in [0.1, 0.15) is 55.1 Å². The number of carboxylic acid groups (broad SMARTS) is 1. The minimum absolute atomic E-state index is 0.0302. The first kappa shape index (κ1) is 13.6. The Kier molecular flexibility index (Phi) is 4.16. The summed E-state index contributed by atoms with van der Waals surface area (Å²) in [5.41, 5.74) is 2.37. The summed E-state index contributed by atoms with van der Waals surface area (Å²) in [6.07, 6.45) is -0.0302. The summed E-state index contributed by atoms with van der Waals surface area (Å²) in [4.78, 5) is 11.2. The lowest BCUT2D eigenvalue weighted by Gasteiger charge is -2.17. The Morgan fingerprint density at radius 3 is 2.24 bits per heavy atom. The van der Waals surface area contributed by atoms with Crippen LogP contribution < -0.4 is 4.74 Å². The average molecular weight is 236 g/mol. The molecule has 1 rings (SSSR count). The van der Waals surface area contributed by atoms with Crippen LogP contribution in [0.4, 0.5) is 0 Å². The average Bonchev–Trinajstić information content (AvgIpc) is 2.15. The number of hydrogen-bond acceptors (Lipinski definition) is 2. The Hall–Kier alpha value is -1.51. The van der Waals surface area contributed by atoms with Crippen molar-refractivity contribution in [1.82, 2.24) is 0 Å². The standard InChI is InChI=1S/C14H20O3/c1-8(2)11-7-12(14(15)16)13(6-10(11)5)17-9(3)4/h6-9H,1-5H3,(H,15,16). The maximum atomic E-state index is 11.2. The molecule has 0 amide bonds. The molecule has 0 unspecified atom stereocenters. The molecule has 0 aromatic heterocycles. The van der Waals surface area contributed by atoms with E-state index in [4.69, 9.17) is 4.74 Å². The van der Waals surface area contributed by atoms with Crippen LogP contribution in [-0.2, 0) is 0 Å². The number of hydrogen-bond donors (Lipinski definition) is 1. The number of carboxylic acids is 1. The first-order valence-corrected chi connectivity index (χ1v) is 5.87. The van der Waals surface area contributed by atoms with E-state index in [2.05, 4.69) is 13.8 Å². The lowest BCUT2D eigenvalue weighted by molar-refractivity contribution is 0.0690. The Labute approximate surface area is 102 Å². The Balaban J connectivity index is 3.30. The maximum absolute atomic E-state index is 11.2. The largest absolute Gasteiger partial charge is 0.490 e. The molecule has 0 heterocycles. The molecule has 0 aliphatic heterocycles. The molecule has 1 aromatic carbocycles. The van der Waals surface area contributed by atoms with E-state index in [1.165, 1.54) is 0 Å². The number of aromatic carboxylic acids is 1. The topological polar surface area (TPSA) is 46.5 Å². The van der Waals surface area contributed by atoms with Crippen molar-refractivity contribution in [3.8, 4) is 5.75 Å². The Bertz CT molecular complexity index is 420. The quantitative estimate of drug-likeness (QED) is 0.868. The number of benzene rings is 1. The fourth-order valence-corrected chi connectivity index (χ4v) is 1.84. The fraction of sp³-hybridized carbons (Fsp3) is 0.500. The fourth-order valence-electron chi connectivity index (χ4n) is 1.84. The molecule has 0 bridgehead atoms. The van der Waals surface area contributed by atoms with Crippen molar-refractivity contribution in [2.24, 2.45) is 0 Å². The summed E-state index contributed by atoms with van der Waals surface area (Å²) in [7, 11) is 0. The van der Waals surface area contributed by atoms with Crippen LogP contribution in [0.5, 0.6) is 5.75 Å². The van der Waals surface area contributed by atoms with Crippen molar-refractivity contribution in [3.05, 3.63) is 28.8 Å². The summed E-state index contributed by atoms with van der Waals surface area (Å²) < 4.78 is 5.54. The van der Waals surface area contributed by atoms with Gasteiger partial charge in [-0.3, -0.25) is 0 Å². The summed E-state index contributed by atoms with van der Waals surface area (Å²) in [5, 5.41) is 9.20. The van der Waals surface area contributed by atoms with Gasteiger partial charge < -0.3 is 9.84 Å². The van der Waals surface area contributed by atoms with Gasteiger partial charge in [-0.05, 0) is 49.9 Å². The molecule has 0 saturated carbocycles. The molecule has 94 valence electrons. The highest BCUT2D eigenvalue weighted by molar-refractivity contribution is 5.91. The first-order chi connectivity index (χ1) is 7.82. The van der Waals surface area contributed by atoms with Crippen LogP contribution >= 0.6 is 0 Å². The molecule has 0 fully saturated rings. The zero-order chi connectivity index (χ0) is 13.2. The maximum Gasteiger partial charge on any atom is 0.339 e. The highest BCUT2D eigenvalue weighted by Crippen LogP contribution is 2.28. The highest BCUT2D eigenvalue weighted by Gasteiger charge is 2.16. The number of aryl methyl sites for hydroxylation is 1. The van der Waals surface area contributed by atoms with Crippen LogP contribution in [0.25, 0.3) is 0 Å². The molecule has 1 N–H and O–H groups in total. The molecule has 0 aliphatic rings. The summed E-state index contributed by atoms with van der Waals surface area (Å²) in [6.45, 7) is 9.86. The van der Waals surface area contributed by atoms with Gasteiger partial charge in [0.05, 0.1) is 6.10 Å². The second-order valence-corrected chi connectivity index (χ2v) is 4.83. The van der Waals surface area contributed by atoms with Crippen molar-refractivity contribution in [3.63, 3.8) is 0 Å². The molecule has 3 heteroatoms. The van der Waals surface area contributed by atoms with Crippen LogP contribution in [-0.4, -0.2) is 17.2 Å². The van der Waals surface area contributed by atoms with Gasteiger partial charge >= 0.3 is 5.97 Å². The second-order valence-electron chi connectivity index (χ2n) is 4.83. The van der Waals surface area contributed by atoms with Crippen molar-refractivity contribution in [2.45, 2.75) is 46.6 Å². The van der Waals surface area contributed by atoms with E-state index in [1.54, 1.807) is 6.07 Å². The zero-order valence-corrected chi connectivity index (χ0v) is 11.1. The predicted octanol–water partition coefficient (Wildman–Crippen LogP) is 3.60. The Morgan fingerprint density at radius 2 is 1.82 bits per heavy atom. The lowest BCUT2D eigenvalue weighted by atomic mass is 9.95. The van der Waals surface area contributed by atoms with Gasteiger partial charge in [-0.2, -0.15) is 0 Å².